The van der Waals surface area contributed by atoms with Crippen molar-refractivity contribution in [2.24, 2.45) is 0 Å². The summed E-state index contributed by atoms with van der Waals surface area (Å²) in [5.74, 6) is 1.19. The van der Waals surface area contributed by atoms with Gasteiger partial charge in [-0.15, -0.1) is 0 Å². The van der Waals surface area contributed by atoms with Crippen molar-refractivity contribution in [1.82, 2.24) is 0 Å². The van der Waals surface area contributed by atoms with Crippen molar-refractivity contribution in [2.45, 2.75) is 13.0 Å². The van der Waals surface area contributed by atoms with E-state index in [-0.39, 0.29) is 0 Å². The van der Waals surface area contributed by atoms with Crippen LogP contribution >= 0.6 is 11.8 Å². The minimum Gasteiger partial charge on any atom is -0.223 e. The first-order valence-corrected chi connectivity index (χ1v) is 5.52. The molecule has 0 aromatic heterocycles. The summed E-state index contributed by atoms with van der Waals surface area (Å²) in [4.78, 5) is 0. The van der Waals surface area contributed by atoms with Crippen LogP contribution in [-0.4, -0.2) is 22.4 Å². The van der Waals surface area contributed by atoms with Gasteiger partial charge in [0.2, 0.25) is 5.04 Å². The Morgan fingerprint density at radius 2 is 2.00 bits per heavy atom. The summed E-state index contributed by atoms with van der Waals surface area (Å²) in [6, 6.07) is 11.3. The number of thioether (sulfide) groups is 1. The van der Waals surface area contributed by atoms with Crippen LogP contribution in [-0.2, 0) is 0 Å². The standard InChI is InChI=1S/C11H14NS/c1-9-12(2)11(8-13-9)10-6-4-3-5-7-10/h3-7,11H,8H2,1-2H3/q+1/t11-/m0/s1. The Kier molecular flexibility index (Phi) is 2.40. The van der Waals surface area contributed by atoms with Gasteiger partial charge in [0.25, 0.3) is 0 Å². The second kappa shape index (κ2) is 3.54. The summed E-state index contributed by atoms with van der Waals surface area (Å²) >= 11 is 1.95. The van der Waals surface area contributed by atoms with E-state index in [9.17, 15) is 0 Å². The highest BCUT2D eigenvalue weighted by atomic mass is 32.2. The zero-order valence-corrected chi connectivity index (χ0v) is 8.84. The molecule has 13 heavy (non-hydrogen) atoms. The van der Waals surface area contributed by atoms with Crippen LogP contribution in [0.5, 0.6) is 0 Å². The molecular weight excluding hydrogens is 178 g/mol. The van der Waals surface area contributed by atoms with E-state index in [4.69, 9.17) is 0 Å². The molecule has 1 aliphatic heterocycles. The van der Waals surface area contributed by atoms with Gasteiger partial charge in [0.05, 0.1) is 5.75 Å². The lowest BCUT2D eigenvalue weighted by Gasteiger charge is -2.05. The average Bonchev–Trinajstić information content (AvgIpc) is 2.49. The molecule has 68 valence electrons. The second-order valence-electron chi connectivity index (χ2n) is 3.37. The van der Waals surface area contributed by atoms with Crippen molar-refractivity contribution in [2.75, 3.05) is 12.8 Å². The van der Waals surface area contributed by atoms with Gasteiger partial charge in [0.1, 0.15) is 7.05 Å². The second-order valence-corrected chi connectivity index (χ2v) is 4.58. The molecule has 0 fully saturated rings. The molecule has 2 heteroatoms. The number of benzene rings is 1. The molecule has 0 amide bonds. The van der Waals surface area contributed by atoms with Crippen LogP contribution in [0.2, 0.25) is 0 Å². The SMILES string of the molecule is CC1=[N+](C)[C@H](c2ccccc2)CS1. The van der Waals surface area contributed by atoms with Gasteiger partial charge in [0.15, 0.2) is 6.04 Å². The number of hydrogen-bond acceptors (Lipinski definition) is 1. The van der Waals surface area contributed by atoms with Crippen molar-refractivity contribution in [3.63, 3.8) is 0 Å². The molecule has 1 aromatic carbocycles. The van der Waals surface area contributed by atoms with Crippen molar-refractivity contribution < 1.29 is 4.58 Å². The molecule has 0 N–H and O–H groups in total. The first-order chi connectivity index (χ1) is 6.29. The highest BCUT2D eigenvalue weighted by Gasteiger charge is 2.29. The van der Waals surface area contributed by atoms with Crippen molar-refractivity contribution >= 4 is 16.8 Å². The highest BCUT2D eigenvalue weighted by molar-refractivity contribution is 8.13. The summed E-state index contributed by atoms with van der Waals surface area (Å²) in [6.07, 6.45) is 0. The lowest BCUT2D eigenvalue weighted by atomic mass is 10.1. The third-order valence-corrected chi connectivity index (χ3v) is 3.79. The summed E-state index contributed by atoms with van der Waals surface area (Å²) in [7, 11) is 2.17. The molecule has 0 spiro atoms. The topological polar surface area (TPSA) is 3.01 Å². The minimum atomic E-state index is 0.575. The first-order valence-electron chi connectivity index (χ1n) is 4.53. The molecule has 1 heterocycles. The molecule has 0 saturated carbocycles. The molecule has 1 nitrogen and oxygen atoms in total. The van der Waals surface area contributed by atoms with Gasteiger partial charge in [-0.05, 0) is 0 Å². The molecule has 0 radical (unpaired) electrons. The minimum absolute atomic E-state index is 0.575. The molecule has 0 bridgehead atoms. The summed E-state index contributed by atoms with van der Waals surface area (Å²) in [5, 5.41) is 1.42. The predicted molar refractivity (Wildman–Crippen MR) is 58.5 cm³/mol. The molecule has 2 rings (SSSR count). The largest absolute Gasteiger partial charge is 0.223 e. The molecule has 1 aromatic rings. The van der Waals surface area contributed by atoms with Crippen LogP contribution in [0.4, 0.5) is 0 Å². The van der Waals surface area contributed by atoms with E-state index in [0.717, 1.165) is 0 Å². The third-order valence-electron chi connectivity index (χ3n) is 2.60. The number of hydrogen-bond donors (Lipinski definition) is 0. The Labute approximate surface area is 83.5 Å². The Morgan fingerprint density at radius 1 is 1.31 bits per heavy atom. The van der Waals surface area contributed by atoms with E-state index in [2.05, 4.69) is 48.9 Å². The fourth-order valence-corrected chi connectivity index (χ4v) is 2.77. The summed E-state index contributed by atoms with van der Waals surface area (Å²) < 4.78 is 2.36. The maximum absolute atomic E-state index is 2.36. The van der Waals surface area contributed by atoms with Crippen LogP contribution < -0.4 is 0 Å². The Morgan fingerprint density at radius 3 is 2.54 bits per heavy atom. The van der Waals surface area contributed by atoms with E-state index in [1.165, 1.54) is 16.4 Å². The lowest BCUT2D eigenvalue weighted by Crippen LogP contribution is -2.13. The van der Waals surface area contributed by atoms with Crippen molar-refractivity contribution in [1.29, 1.82) is 0 Å². The van der Waals surface area contributed by atoms with Gasteiger partial charge < -0.3 is 0 Å². The zero-order chi connectivity index (χ0) is 9.26. The van der Waals surface area contributed by atoms with E-state index < -0.39 is 0 Å². The van der Waals surface area contributed by atoms with E-state index in [1.54, 1.807) is 0 Å². The van der Waals surface area contributed by atoms with E-state index in [0.29, 0.717) is 6.04 Å². The highest BCUT2D eigenvalue weighted by Crippen LogP contribution is 2.28. The quantitative estimate of drug-likeness (QED) is 0.618. The zero-order valence-electron chi connectivity index (χ0n) is 8.03. The van der Waals surface area contributed by atoms with Gasteiger partial charge in [-0.25, -0.2) is 4.58 Å². The van der Waals surface area contributed by atoms with Crippen LogP contribution in [0.25, 0.3) is 0 Å². The van der Waals surface area contributed by atoms with E-state index >= 15 is 0 Å². The molecule has 1 aliphatic rings. The van der Waals surface area contributed by atoms with Crippen molar-refractivity contribution in [3.05, 3.63) is 35.9 Å². The summed E-state index contributed by atoms with van der Waals surface area (Å²) in [5.41, 5.74) is 1.43. The number of rotatable bonds is 1. The maximum atomic E-state index is 2.36. The van der Waals surface area contributed by atoms with Gasteiger partial charge in [-0.1, -0.05) is 42.1 Å². The first kappa shape index (κ1) is 8.82. The van der Waals surface area contributed by atoms with Crippen LogP contribution in [0.1, 0.15) is 18.5 Å². The van der Waals surface area contributed by atoms with E-state index in [1.807, 2.05) is 11.8 Å². The lowest BCUT2D eigenvalue weighted by molar-refractivity contribution is -0.533. The fraction of sp³-hybridized carbons (Fsp3) is 0.364. The van der Waals surface area contributed by atoms with Gasteiger partial charge in [0, 0.05) is 12.5 Å². The number of nitrogens with zero attached hydrogens (tertiary/aromatic N) is 1. The Bertz CT molecular complexity index is 329. The molecule has 1 atom stereocenters. The summed E-state index contributed by atoms with van der Waals surface area (Å²) in [6.45, 7) is 2.19. The van der Waals surface area contributed by atoms with Crippen LogP contribution in [0.15, 0.2) is 30.3 Å². The van der Waals surface area contributed by atoms with Crippen molar-refractivity contribution in [3.8, 4) is 0 Å². The molecule has 0 saturated heterocycles. The molecular formula is C11H14NS+. The van der Waals surface area contributed by atoms with Crippen LogP contribution in [0, 0.1) is 0 Å². The molecule has 0 aliphatic carbocycles. The average molecular weight is 192 g/mol. The Hall–Kier alpha value is -0.760. The third kappa shape index (κ3) is 1.63. The van der Waals surface area contributed by atoms with Gasteiger partial charge >= 0.3 is 0 Å². The fourth-order valence-electron chi connectivity index (χ4n) is 1.63. The normalized spacial score (nSPS) is 22.5. The molecule has 0 unspecified atom stereocenters. The smallest absolute Gasteiger partial charge is 0.208 e. The monoisotopic (exact) mass is 192 g/mol. The van der Waals surface area contributed by atoms with Gasteiger partial charge in [-0.2, -0.15) is 0 Å². The van der Waals surface area contributed by atoms with Crippen LogP contribution in [0.3, 0.4) is 0 Å². The predicted octanol–water partition coefficient (Wildman–Crippen LogP) is 2.54. The van der Waals surface area contributed by atoms with Gasteiger partial charge in [-0.3, -0.25) is 0 Å². The maximum Gasteiger partial charge on any atom is 0.208 e. The Balaban J connectivity index is 2.30.